The van der Waals surface area contributed by atoms with Gasteiger partial charge in [0.15, 0.2) is 5.13 Å². The number of para-hydroxylation sites is 1. The van der Waals surface area contributed by atoms with E-state index >= 15 is 0 Å². The van der Waals surface area contributed by atoms with Gasteiger partial charge in [-0.05, 0) is 18.6 Å². The first-order valence-electron chi connectivity index (χ1n) is 6.40. The van der Waals surface area contributed by atoms with Gasteiger partial charge in [0.25, 0.3) is 5.91 Å². The van der Waals surface area contributed by atoms with Crippen molar-refractivity contribution in [2.24, 2.45) is 0 Å². The fourth-order valence-electron chi connectivity index (χ4n) is 2.40. The number of hydrogen-bond donors (Lipinski definition) is 1. The average Bonchev–Trinajstić information content (AvgIpc) is 3.12. The number of carbonyl (C=O) groups is 1. The summed E-state index contributed by atoms with van der Waals surface area (Å²) in [5.74, 6) is 1.01. The molecule has 1 aliphatic rings. The Labute approximate surface area is 118 Å². The van der Waals surface area contributed by atoms with Gasteiger partial charge >= 0.3 is 0 Å². The highest BCUT2D eigenvalue weighted by molar-refractivity contribution is 7.22. The second-order valence-corrected chi connectivity index (χ2v) is 5.67. The Kier molecular flexibility index (Phi) is 2.53. The van der Waals surface area contributed by atoms with Crippen LogP contribution in [0.15, 0.2) is 24.3 Å². The third kappa shape index (κ3) is 1.78. The second-order valence-electron chi connectivity index (χ2n) is 4.64. The number of nitrogens with zero attached hydrogens (tertiary/aromatic N) is 4. The number of carbonyl (C=O) groups excluding carboxylic acids is 1. The third-order valence-corrected chi connectivity index (χ3v) is 4.28. The summed E-state index contributed by atoms with van der Waals surface area (Å²) in [5.41, 5.74) is 0.888. The van der Waals surface area contributed by atoms with E-state index in [9.17, 15) is 4.79 Å². The lowest BCUT2D eigenvalue weighted by molar-refractivity contribution is 0.101. The van der Waals surface area contributed by atoms with Crippen LogP contribution in [0.25, 0.3) is 10.2 Å². The van der Waals surface area contributed by atoms with Crippen LogP contribution in [0.4, 0.5) is 5.13 Å². The first kappa shape index (κ1) is 11.5. The molecule has 4 rings (SSSR count). The molecule has 3 aromatic rings. The molecule has 0 saturated carbocycles. The van der Waals surface area contributed by atoms with Gasteiger partial charge in [-0.15, -0.1) is 10.2 Å². The molecule has 2 aromatic heterocycles. The highest BCUT2D eigenvalue weighted by Crippen LogP contribution is 2.25. The van der Waals surface area contributed by atoms with Crippen LogP contribution >= 0.6 is 11.3 Å². The summed E-state index contributed by atoms with van der Waals surface area (Å²) in [6, 6.07) is 7.80. The molecule has 0 saturated heterocycles. The summed E-state index contributed by atoms with van der Waals surface area (Å²) in [6.07, 6.45) is 1.91. The van der Waals surface area contributed by atoms with Gasteiger partial charge in [-0.3, -0.25) is 10.1 Å². The fourth-order valence-corrected chi connectivity index (χ4v) is 3.26. The van der Waals surface area contributed by atoms with Crippen molar-refractivity contribution in [3.05, 3.63) is 35.9 Å². The maximum atomic E-state index is 12.2. The minimum atomic E-state index is -0.246. The van der Waals surface area contributed by atoms with E-state index in [1.54, 1.807) is 0 Å². The van der Waals surface area contributed by atoms with E-state index in [4.69, 9.17) is 0 Å². The van der Waals surface area contributed by atoms with E-state index in [0.717, 1.165) is 35.4 Å². The summed E-state index contributed by atoms with van der Waals surface area (Å²) in [6.45, 7) is 0.810. The van der Waals surface area contributed by atoms with E-state index in [0.29, 0.717) is 11.0 Å². The molecule has 20 heavy (non-hydrogen) atoms. The van der Waals surface area contributed by atoms with Crippen molar-refractivity contribution >= 4 is 32.6 Å². The van der Waals surface area contributed by atoms with Gasteiger partial charge in [0, 0.05) is 13.0 Å². The monoisotopic (exact) mass is 285 g/mol. The summed E-state index contributed by atoms with van der Waals surface area (Å²) < 4.78 is 2.93. The zero-order valence-corrected chi connectivity index (χ0v) is 11.4. The Morgan fingerprint density at radius 2 is 2.20 bits per heavy atom. The first-order chi connectivity index (χ1) is 9.81. The highest BCUT2D eigenvalue weighted by atomic mass is 32.1. The van der Waals surface area contributed by atoms with Crippen LogP contribution in [0.1, 0.15) is 22.9 Å². The third-order valence-electron chi connectivity index (χ3n) is 3.33. The number of aromatic nitrogens is 4. The molecule has 7 heteroatoms. The summed E-state index contributed by atoms with van der Waals surface area (Å²) >= 11 is 1.46. The lowest BCUT2D eigenvalue weighted by atomic mass is 10.3. The summed E-state index contributed by atoms with van der Waals surface area (Å²) in [5, 5.41) is 11.4. The number of benzene rings is 1. The van der Waals surface area contributed by atoms with Crippen LogP contribution in [0, 0.1) is 0 Å². The summed E-state index contributed by atoms with van der Waals surface area (Å²) in [4.78, 5) is 16.6. The number of hydrogen-bond acceptors (Lipinski definition) is 5. The van der Waals surface area contributed by atoms with Crippen LogP contribution < -0.4 is 5.32 Å². The molecular weight excluding hydrogens is 274 g/mol. The van der Waals surface area contributed by atoms with Crippen molar-refractivity contribution in [2.45, 2.75) is 19.4 Å². The van der Waals surface area contributed by atoms with E-state index in [-0.39, 0.29) is 5.91 Å². The van der Waals surface area contributed by atoms with Crippen molar-refractivity contribution in [2.75, 3.05) is 5.32 Å². The first-order valence-corrected chi connectivity index (χ1v) is 7.22. The number of thiazole rings is 1. The predicted octanol–water partition coefficient (Wildman–Crippen LogP) is 2.09. The van der Waals surface area contributed by atoms with Crippen LogP contribution in [0.5, 0.6) is 0 Å². The van der Waals surface area contributed by atoms with Crippen LogP contribution in [-0.4, -0.2) is 25.7 Å². The molecule has 0 atom stereocenters. The van der Waals surface area contributed by atoms with Crippen LogP contribution in [-0.2, 0) is 13.0 Å². The molecular formula is C13H11N5OS. The van der Waals surface area contributed by atoms with E-state index in [1.807, 2.05) is 28.8 Å². The zero-order chi connectivity index (χ0) is 13.5. The summed E-state index contributed by atoms with van der Waals surface area (Å²) in [7, 11) is 0. The highest BCUT2D eigenvalue weighted by Gasteiger charge is 2.22. The number of anilines is 1. The molecule has 1 aliphatic heterocycles. The number of amides is 1. The van der Waals surface area contributed by atoms with Crippen molar-refractivity contribution in [1.82, 2.24) is 19.7 Å². The van der Waals surface area contributed by atoms with Crippen molar-refractivity contribution in [3.8, 4) is 0 Å². The maximum absolute atomic E-state index is 12.2. The van der Waals surface area contributed by atoms with Gasteiger partial charge in [0.1, 0.15) is 5.82 Å². The van der Waals surface area contributed by atoms with E-state index in [2.05, 4.69) is 20.5 Å². The molecule has 100 valence electrons. The lowest BCUT2D eigenvalue weighted by Crippen LogP contribution is -2.17. The number of rotatable bonds is 2. The molecule has 1 aromatic carbocycles. The van der Waals surface area contributed by atoms with Gasteiger partial charge in [-0.1, -0.05) is 23.5 Å². The topological polar surface area (TPSA) is 72.7 Å². The number of nitrogens with one attached hydrogen (secondary N) is 1. The SMILES string of the molecule is O=C(Nc1nc2ccccc2s1)c1nnc2n1CCC2. The molecule has 0 spiro atoms. The Balaban J connectivity index is 1.63. The minimum absolute atomic E-state index is 0.246. The van der Waals surface area contributed by atoms with Crippen molar-refractivity contribution in [3.63, 3.8) is 0 Å². The molecule has 1 amide bonds. The quantitative estimate of drug-likeness (QED) is 0.782. The zero-order valence-electron chi connectivity index (χ0n) is 10.5. The lowest BCUT2D eigenvalue weighted by Gasteiger charge is -2.01. The second kappa shape index (κ2) is 4.38. The Morgan fingerprint density at radius 1 is 1.30 bits per heavy atom. The van der Waals surface area contributed by atoms with Gasteiger partial charge in [-0.2, -0.15) is 0 Å². The van der Waals surface area contributed by atoms with Gasteiger partial charge in [-0.25, -0.2) is 4.98 Å². The van der Waals surface area contributed by atoms with Crippen LogP contribution in [0.2, 0.25) is 0 Å². The van der Waals surface area contributed by atoms with Crippen molar-refractivity contribution in [1.29, 1.82) is 0 Å². The normalized spacial score (nSPS) is 13.6. The van der Waals surface area contributed by atoms with Gasteiger partial charge in [0.2, 0.25) is 5.82 Å². The smallest absolute Gasteiger partial charge is 0.295 e. The average molecular weight is 285 g/mol. The predicted molar refractivity (Wildman–Crippen MR) is 75.9 cm³/mol. The Bertz CT molecular complexity index is 773. The number of aryl methyl sites for hydroxylation is 1. The maximum Gasteiger partial charge on any atom is 0.295 e. The molecule has 0 fully saturated rings. The number of fused-ring (bicyclic) bond motifs is 2. The molecule has 0 unspecified atom stereocenters. The molecule has 0 aliphatic carbocycles. The molecule has 0 bridgehead atoms. The fraction of sp³-hybridized carbons (Fsp3) is 0.231. The Hall–Kier alpha value is -2.28. The largest absolute Gasteiger partial charge is 0.307 e. The van der Waals surface area contributed by atoms with Gasteiger partial charge in [0.05, 0.1) is 10.2 Å². The molecule has 3 heterocycles. The van der Waals surface area contributed by atoms with E-state index < -0.39 is 0 Å². The van der Waals surface area contributed by atoms with Crippen LogP contribution in [0.3, 0.4) is 0 Å². The molecule has 6 nitrogen and oxygen atoms in total. The minimum Gasteiger partial charge on any atom is -0.307 e. The molecule has 1 N–H and O–H groups in total. The standard InChI is InChI=1S/C13H11N5OS/c19-12(11-17-16-10-6-3-7-18(10)11)15-13-14-8-4-1-2-5-9(8)20-13/h1-2,4-5H,3,6-7H2,(H,14,15,19). The van der Waals surface area contributed by atoms with Gasteiger partial charge < -0.3 is 4.57 Å². The van der Waals surface area contributed by atoms with E-state index in [1.165, 1.54) is 11.3 Å². The van der Waals surface area contributed by atoms with Crippen molar-refractivity contribution < 1.29 is 4.79 Å². The Morgan fingerprint density at radius 3 is 3.10 bits per heavy atom. The molecule has 0 radical (unpaired) electrons.